The van der Waals surface area contributed by atoms with Crippen LogP contribution in [0.15, 0.2) is 73.1 Å². The Morgan fingerprint density at radius 3 is 2.55 bits per heavy atom. The van der Waals surface area contributed by atoms with Crippen molar-refractivity contribution in [1.82, 2.24) is 19.6 Å². The van der Waals surface area contributed by atoms with E-state index in [4.69, 9.17) is 4.98 Å². The summed E-state index contributed by atoms with van der Waals surface area (Å²) in [4.78, 5) is 18.6. The van der Waals surface area contributed by atoms with Crippen LogP contribution in [-0.4, -0.2) is 25.9 Å². The second kappa shape index (κ2) is 9.84. The number of nitriles is 1. The molecular formula is C27H23N5O. The molecule has 0 fully saturated rings. The van der Waals surface area contributed by atoms with E-state index >= 15 is 0 Å². The molecule has 0 aliphatic carbocycles. The summed E-state index contributed by atoms with van der Waals surface area (Å²) in [6, 6.07) is 22.4. The first kappa shape index (κ1) is 21.8. The molecule has 0 bridgehead atoms. The van der Waals surface area contributed by atoms with Crippen LogP contribution in [0.3, 0.4) is 0 Å². The van der Waals surface area contributed by atoms with Crippen LogP contribution in [0.4, 0.5) is 0 Å². The number of fused-ring (bicyclic) bond motifs is 2. The molecule has 0 saturated heterocycles. The Morgan fingerprint density at radius 1 is 1.06 bits per heavy atom. The Morgan fingerprint density at radius 2 is 1.85 bits per heavy atom. The van der Waals surface area contributed by atoms with E-state index in [1.807, 2.05) is 74.6 Å². The number of aromatic nitrogens is 4. The summed E-state index contributed by atoms with van der Waals surface area (Å²) >= 11 is 0. The zero-order chi connectivity index (χ0) is 23.2. The lowest BCUT2D eigenvalue weighted by atomic mass is 10.0. The van der Waals surface area contributed by atoms with Crippen LogP contribution in [-0.2, 0) is 4.79 Å². The molecule has 0 atom stereocenters. The number of nitrogens with zero attached hydrogens (tertiary/aromatic N) is 5. The van der Waals surface area contributed by atoms with Gasteiger partial charge in [-0.3, -0.25) is 0 Å². The van der Waals surface area contributed by atoms with Crippen molar-refractivity contribution in [2.75, 3.05) is 0 Å². The summed E-state index contributed by atoms with van der Waals surface area (Å²) in [5.74, 6) is 0. The maximum absolute atomic E-state index is 9.68. The molecule has 0 spiro atoms. The SMILES string of the molecule is CCCC=O.Cc1cnc2c(C#N)c(-c3ccc4ccc(-c5ccccc5)nc4c3)nn2c1. The summed E-state index contributed by atoms with van der Waals surface area (Å²) in [5.41, 5.74) is 6.34. The molecule has 0 unspecified atom stereocenters. The minimum Gasteiger partial charge on any atom is -0.303 e. The van der Waals surface area contributed by atoms with Crippen molar-refractivity contribution < 1.29 is 4.79 Å². The van der Waals surface area contributed by atoms with Crippen molar-refractivity contribution in [2.45, 2.75) is 26.7 Å². The monoisotopic (exact) mass is 433 g/mol. The molecule has 5 rings (SSSR count). The van der Waals surface area contributed by atoms with Gasteiger partial charge in [0.15, 0.2) is 5.65 Å². The number of aldehydes is 1. The van der Waals surface area contributed by atoms with Gasteiger partial charge in [0, 0.05) is 35.3 Å². The predicted octanol–water partition coefficient (Wildman–Crippen LogP) is 5.78. The molecular weight excluding hydrogens is 410 g/mol. The molecule has 6 nitrogen and oxygen atoms in total. The number of carbonyl (C=O) groups is 1. The first-order chi connectivity index (χ1) is 16.1. The van der Waals surface area contributed by atoms with Crippen molar-refractivity contribution >= 4 is 22.8 Å². The lowest BCUT2D eigenvalue weighted by Crippen LogP contribution is -1.91. The molecule has 3 aromatic heterocycles. The molecule has 0 aliphatic heterocycles. The third-order valence-corrected chi connectivity index (χ3v) is 5.15. The molecule has 0 N–H and O–H groups in total. The molecule has 162 valence electrons. The lowest BCUT2D eigenvalue weighted by Gasteiger charge is -2.05. The Bertz CT molecular complexity index is 1470. The Balaban J connectivity index is 0.000000471. The highest BCUT2D eigenvalue weighted by Crippen LogP contribution is 2.28. The average molecular weight is 434 g/mol. The Hall–Kier alpha value is -4.37. The Kier molecular flexibility index (Phi) is 6.51. The van der Waals surface area contributed by atoms with Crippen molar-refractivity contribution in [2.24, 2.45) is 0 Å². The smallest absolute Gasteiger partial charge is 0.173 e. The molecule has 0 amide bonds. The van der Waals surface area contributed by atoms with Crippen LogP contribution >= 0.6 is 0 Å². The largest absolute Gasteiger partial charge is 0.303 e. The normalized spacial score (nSPS) is 10.5. The Labute approximate surface area is 192 Å². The highest BCUT2D eigenvalue weighted by atomic mass is 16.1. The standard InChI is InChI=1S/C23H15N5.C4H8O/c1-15-13-25-23-19(12-24)22(27-28(23)14-15)18-8-7-17-9-10-20(26-21(17)11-18)16-5-3-2-4-6-16;1-2-3-4-5/h2-11,13-14H,1H3;4H,2-3H2,1H3. The zero-order valence-electron chi connectivity index (χ0n) is 18.6. The van der Waals surface area contributed by atoms with Gasteiger partial charge in [-0.25, -0.2) is 14.5 Å². The van der Waals surface area contributed by atoms with Gasteiger partial charge in [0.1, 0.15) is 23.6 Å². The second-order valence-corrected chi connectivity index (χ2v) is 7.66. The average Bonchev–Trinajstić information content (AvgIpc) is 3.22. The zero-order valence-corrected chi connectivity index (χ0v) is 18.6. The molecule has 33 heavy (non-hydrogen) atoms. The maximum Gasteiger partial charge on any atom is 0.173 e. The van der Waals surface area contributed by atoms with Gasteiger partial charge in [-0.15, -0.1) is 0 Å². The van der Waals surface area contributed by atoms with Crippen LogP contribution in [0.2, 0.25) is 0 Å². The third kappa shape index (κ3) is 4.63. The van der Waals surface area contributed by atoms with E-state index in [9.17, 15) is 10.1 Å². The number of aryl methyl sites for hydroxylation is 1. The minimum absolute atomic E-state index is 0.471. The molecule has 0 saturated carbocycles. The topological polar surface area (TPSA) is 83.9 Å². The highest BCUT2D eigenvalue weighted by molar-refractivity contribution is 5.87. The maximum atomic E-state index is 9.68. The van der Waals surface area contributed by atoms with E-state index in [0.717, 1.165) is 46.0 Å². The van der Waals surface area contributed by atoms with Crippen molar-refractivity contribution in [3.8, 4) is 28.6 Å². The van der Waals surface area contributed by atoms with Gasteiger partial charge < -0.3 is 4.79 Å². The van der Waals surface area contributed by atoms with Gasteiger partial charge in [-0.1, -0.05) is 55.5 Å². The van der Waals surface area contributed by atoms with E-state index in [0.29, 0.717) is 23.3 Å². The molecule has 3 heterocycles. The van der Waals surface area contributed by atoms with E-state index < -0.39 is 0 Å². The van der Waals surface area contributed by atoms with Crippen molar-refractivity contribution in [3.63, 3.8) is 0 Å². The van der Waals surface area contributed by atoms with Gasteiger partial charge in [-0.05, 0) is 31.0 Å². The fraction of sp³-hybridized carbons (Fsp3) is 0.148. The van der Waals surface area contributed by atoms with Gasteiger partial charge in [0.25, 0.3) is 0 Å². The number of benzene rings is 2. The fourth-order valence-electron chi connectivity index (χ4n) is 3.49. The molecule has 0 aliphatic rings. The molecule has 2 aromatic carbocycles. The summed E-state index contributed by atoms with van der Waals surface area (Å²) in [7, 11) is 0. The number of unbranched alkanes of at least 4 members (excludes halogenated alkanes) is 1. The van der Waals surface area contributed by atoms with Gasteiger partial charge in [-0.2, -0.15) is 10.4 Å². The van der Waals surface area contributed by atoms with Crippen LogP contribution in [0.5, 0.6) is 0 Å². The number of carbonyl (C=O) groups excluding carboxylic acids is 1. The van der Waals surface area contributed by atoms with E-state index in [2.05, 4.69) is 22.2 Å². The minimum atomic E-state index is 0.471. The van der Waals surface area contributed by atoms with Crippen LogP contribution in [0, 0.1) is 18.3 Å². The summed E-state index contributed by atoms with van der Waals surface area (Å²) in [6.45, 7) is 3.93. The van der Waals surface area contributed by atoms with Gasteiger partial charge in [0.05, 0.1) is 11.2 Å². The van der Waals surface area contributed by atoms with Crippen LogP contribution in [0.1, 0.15) is 30.9 Å². The molecule has 0 radical (unpaired) electrons. The molecule has 6 heteroatoms. The summed E-state index contributed by atoms with van der Waals surface area (Å²) in [6.07, 6.45) is 6.23. The summed E-state index contributed by atoms with van der Waals surface area (Å²) < 4.78 is 1.67. The number of hydrogen-bond donors (Lipinski definition) is 0. The van der Waals surface area contributed by atoms with Crippen molar-refractivity contribution in [3.05, 3.63) is 84.2 Å². The van der Waals surface area contributed by atoms with E-state index in [1.165, 1.54) is 0 Å². The van der Waals surface area contributed by atoms with Crippen LogP contribution < -0.4 is 0 Å². The third-order valence-electron chi connectivity index (χ3n) is 5.15. The number of pyridine rings is 1. The molecule has 5 aromatic rings. The number of rotatable bonds is 4. The van der Waals surface area contributed by atoms with Gasteiger partial charge in [0.2, 0.25) is 0 Å². The lowest BCUT2D eigenvalue weighted by molar-refractivity contribution is -0.107. The highest BCUT2D eigenvalue weighted by Gasteiger charge is 2.16. The van der Waals surface area contributed by atoms with Crippen molar-refractivity contribution in [1.29, 1.82) is 5.26 Å². The van der Waals surface area contributed by atoms with E-state index in [1.54, 1.807) is 10.7 Å². The van der Waals surface area contributed by atoms with Crippen LogP contribution in [0.25, 0.3) is 39.1 Å². The fourth-order valence-corrected chi connectivity index (χ4v) is 3.49. The first-order valence-electron chi connectivity index (χ1n) is 10.8. The quantitative estimate of drug-likeness (QED) is 0.336. The number of hydrogen-bond acceptors (Lipinski definition) is 5. The predicted molar refractivity (Wildman–Crippen MR) is 130 cm³/mol. The van der Waals surface area contributed by atoms with Gasteiger partial charge >= 0.3 is 0 Å². The second-order valence-electron chi connectivity index (χ2n) is 7.66. The first-order valence-corrected chi connectivity index (χ1v) is 10.8. The summed E-state index contributed by atoms with van der Waals surface area (Å²) in [5, 5.41) is 15.3. The van der Waals surface area contributed by atoms with E-state index in [-0.39, 0.29) is 0 Å².